The molecule has 1 fully saturated rings. The lowest BCUT2D eigenvalue weighted by Crippen LogP contribution is -2.35. The Bertz CT molecular complexity index is 520. The van der Waals surface area contributed by atoms with E-state index in [1.807, 2.05) is 0 Å². The monoisotopic (exact) mass is 286 g/mol. The van der Waals surface area contributed by atoms with Gasteiger partial charge in [0.15, 0.2) is 0 Å². The topological polar surface area (TPSA) is 26.3 Å². The Morgan fingerprint density at radius 2 is 2.14 bits per heavy atom. The number of carbonyl (C=O) groups excluding carboxylic acids is 1. The largest absolute Gasteiger partial charge is 0.497 e. The lowest BCUT2D eigenvalue weighted by Gasteiger charge is -2.42. The summed E-state index contributed by atoms with van der Waals surface area (Å²) in [7, 11) is 1.72. The number of aryl methyl sites for hydroxylation is 1. The molecule has 1 unspecified atom stereocenters. The van der Waals surface area contributed by atoms with Crippen LogP contribution in [-0.4, -0.2) is 12.9 Å². The normalized spacial score (nSPS) is 27.9. The maximum absolute atomic E-state index is 12.2. The van der Waals surface area contributed by atoms with Crippen LogP contribution in [0.5, 0.6) is 5.75 Å². The third-order valence-corrected chi connectivity index (χ3v) is 5.48. The number of ether oxygens (including phenoxy) is 1. The SMILES string of the molecule is CCCCC1CC(=O)C[C@@H]2c3ccc(OC)cc3CC[C@@H]12. The van der Waals surface area contributed by atoms with Crippen LogP contribution in [0.3, 0.4) is 0 Å². The van der Waals surface area contributed by atoms with Crippen LogP contribution < -0.4 is 4.74 Å². The molecule has 1 aromatic carbocycles. The minimum atomic E-state index is 0.461. The molecule has 3 rings (SSSR count). The van der Waals surface area contributed by atoms with Gasteiger partial charge in [-0.1, -0.05) is 25.8 Å². The Balaban J connectivity index is 1.87. The maximum atomic E-state index is 12.2. The molecule has 1 saturated carbocycles. The van der Waals surface area contributed by atoms with Crippen LogP contribution >= 0.6 is 0 Å². The smallest absolute Gasteiger partial charge is 0.133 e. The van der Waals surface area contributed by atoms with Crippen LogP contribution in [0.2, 0.25) is 0 Å². The first-order valence-corrected chi connectivity index (χ1v) is 8.41. The third-order valence-electron chi connectivity index (χ3n) is 5.48. The number of rotatable bonds is 4. The van der Waals surface area contributed by atoms with Gasteiger partial charge in [0, 0.05) is 12.8 Å². The summed E-state index contributed by atoms with van der Waals surface area (Å²) >= 11 is 0. The van der Waals surface area contributed by atoms with E-state index in [0.717, 1.165) is 30.9 Å². The minimum Gasteiger partial charge on any atom is -0.497 e. The van der Waals surface area contributed by atoms with Crippen molar-refractivity contribution < 1.29 is 9.53 Å². The Kier molecular flexibility index (Phi) is 4.32. The van der Waals surface area contributed by atoms with Gasteiger partial charge in [0.05, 0.1) is 7.11 Å². The van der Waals surface area contributed by atoms with Crippen LogP contribution in [0, 0.1) is 11.8 Å². The second-order valence-electron chi connectivity index (χ2n) is 6.72. The number of benzene rings is 1. The molecule has 3 atom stereocenters. The van der Waals surface area contributed by atoms with E-state index in [0.29, 0.717) is 17.6 Å². The standard InChI is InChI=1S/C19H26O2/c1-3-4-5-13-10-15(20)12-19-17(13)8-6-14-11-16(21-2)7-9-18(14)19/h7,9,11,13,17,19H,3-6,8,10,12H2,1-2H3/t13?,17-,19-/m0/s1. The Labute approximate surface area is 127 Å². The van der Waals surface area contributed by atoms with Crippen molar-refractivity contribution in [3.63, 3.8) is 0 Å². The van der Waals surface area contributed by atoms with Crippen molar-refractivity contribution in [1.82, 2.24) is 0 Å². The van der Waals surface area contributed by atoms with E-state index < -0.39 is 0 Å². The van der Waals surface area contributed by atoms with Gasteiger partial charge >= 0.3 is 0 Å². The van der Waals surface area contributed by atoms with Gasteiger partial charge in [-0.3, -0.25) is 4.79 Å². The summed E-state index contributed by atoms with van der Waals surface area (Å²) in [6.45, 7) is 2.24. The highest BCUT2D eigenvalue weighted by Gasteiger charge is 2.40. The number of hydrogen-bond acceptors (Lipinski definition) is 2. The van der Waals surface area contributed by atoms with E-state index in [1.165, 1.54) is 36.8 Å². The van der Waals surface area contributed by atoms with Crippen molar-refractivity contribution in [2.24, 2.45) is 11.8 Å². The molecule has 2 aliphatic rings. The van der Waals surface area contributed by atoms with Gasteiger partial charge < -0.3 is 4.74 Å². The fourth-order valence-corrected chi connectivity index (χ4v) is 4.42. The molecule has 1 aromatic rings. The highest BCUT2D eigenvalue weighted by molar-refractivity contribution is 5.81. The van der Waals surface area contributed by atoms with Gasteiger partial charge in [-0.25, -0.2) is 0 Å². The first-order valence-electron chi connectivity index (χ1n) is 8.41. The van der Waals surface area contributed by atoms with Crippen LogP contribution in [0.1, 0.15) is 62.5 Å². The molecule has 2 aliphatic carbocycles. The van der Waals surface area contributed by atoms with Crippen LogP contribution in [0.15, 0.2) is 18.2 Å². The first-order chi connectivity index (χ1) is 10.2. The summed E-state index contributed by atoms with van der Waals surface area (Å²) in [6, 6.07) is 6.44. The number of fused-ring (bicyclic) bond motifs is 3. The first kappa shape index (κ1) is 14.6. The van der Waals surface area contributed by atoms with Crippen molar-refractivity contribution in [3.05, 3.63) is 29.3 Å². The molecule has 0 saturated heterocycles. The summed E-state index contributed by atoms with van der Waals surface area (Å²) in [5.74, 6) is 3.21. The molecule has 0 heterocycles. The summed E-state index contributed by atoms with van der Waals surface area (Å²) in [6.07, 6.45) is 7.69. The third kappa shape index (κ3) is 2.86. The summed E-state index contributed by atoms with van der Waals surface area (Å²) in [5, 5.41) is 0. The van der Waals surface area contributed by atoms with E-state index in [-0.39, 0.29) is 0 Å². The quantitative estimate of drug-likeness (QED) is 0.814. The predicted octanol–water partition coefficient (Wildman–Crippen LogP) is 4.51. The van der Waals surface area contributed by atoms with Crippen molar-refractivity contribution in [3.8, 4) is 5.75 Å². The fourth-order valence-electron chi connectivity index (χ4n) is 4.42. The average molecular weight is 286 g/mol. The average Bonchev–Trinajstić information content (AvgIpc) is 2.51. The zero-order chi connectivity index (χ0) is 14.8. The number of unbranched alkanes of at least 4 members (excludes halogenated alkanes) is 1. The molecular weight excluding hydrogens is 260 g/mol. The molecule has 0 bridgehead atoms. The molecule has 114 valence electrons. The summed E-state index contributed by atoms with van der Waals surface area (Å²) < 4.78 is 5.34. The highest BCUT2D eigenvalue weighted by atomic mass is 16.5. The van der Waals surface area contributed by atoms with E-state index in [4.69, 9.17) is 4.74 Å². The van der Waals surface area contributed by atoms with E-state index in [2.05, 4.69) is 25.1 Å². The predicted molar refractivity (Wildman–Crippen MR) is 84.8 cm³/mol. The molecule has 0 aromatic heterocycles. The van der Waals surface area contributed by atoms with Gasteiger partial charge in [-0.05, 0) is 60.3 Å². The summed E-state index contributed by atoms with van der Waals surface area (Å²) in [5.41, 5.74) is 2.82. The van der Waals surface area contributed by atoms with Gasteiger partial charge in [-0.2, -0.15) is 0 Å². The number of Topliss-reactive ketones (excluding diaryl/α,β-unsaturated/α-hetero) is 1. The van der Waals surface area contributed by atoms with Gasteiger partial charge in [0.25, 0.3) is 0 Å². The minimum absolute atomic E-state index is 0.461. The van der Waals surface area contributed by atoms with E-state index in [1.54, 1.807) is 7.11 Å². The zero-order valence-corrected chi connectivity index (χ0v) is 13.2. The second kappa shape index (κ2) is 6.21. The number of carbonyl (C=O) groups is 1. The van der Waals surface area contributed by atoms with Crippen LogP contribution in [0.4, 0.5) is 0 Å². The van der Waals surface area contributed by atoms with E-state index in [9.17, 15) is 4.79 Å². The van der Waals surface area contributed by atoms with Gasteiger partial charge in [0.2, 0.25) is 0 Å². The van der Waals surface area contributed by atoms with Crippen molar-refractivity contribution in [1.29, 1.82) is 0 Å². The van der Waals surface area contributed by atoms with Crippen molar-refractivity contribution in [2.45, 2.75) is 57.8 Å². The maximum Gasteiger partial charge on any atom is 0.133 e. The number of hydrogen-bond donors (Lipinski definition) is 0. The number of ketones is 1. The molecule has 0 N–H and O–H groups in total. The molecule has 0 aliphatic heterocycles. The Morgan fingerprint density at radius 1 is 1.29 bits per heavy atom. The molecule has 0 radical (unpaired) electrons. The van der Waals surface area contributed by atoms with Crippen LogP contribution in [-0.2, 0) is 11.2 Å². The van der Waals surface area contributed by atoms with Crippen molar-refractivity contribution >= 4 is 5.78 Å². The molecule has 0 amide bonds. The second-order valence-corrected chi connectivity index (χ2v) is 6.72. The molecule has 2 nitrogen and oxygen atoms in total. The molecular formula is C19H26O2. The van der Waals surface area contributed by atoms with Crippen LogP contribution in [0.25, 0.3) is 0 Å². The lowest BCUT2D eigenvalue weighted by molar-refractivity contribution is -0.123. The highest BCUT2D eigenvalue weighted by Crippen LogP contribution is 2.48. The summed E-state index contributed by atoms with van der Waals surface area (Å²) in [4.78, 5) is 12.2. The molecule has 0 spiro atoms. The van der Waals surface area contributed by atoms with E-state index >= 15 is 0 Å². The van der Waals surface area contributed by atoms with Gasteiger partial charge in [0.1, 0.15) is 11.5 Å². The van der Waals surface area contributed by atoms with Gasteiger partial charge in [-0.15, -0.1) is 0 Å². The lowest BCUT2D eigenvalue weighted by atomic mass is 9.62. The zero-order valence-electron chi connectivity index (χ0n) is 13.2. The Hall–Kier alpha value is -1.31. The number of methoxy groups -OCH3 is 1. The fraction of sp³-hybridized carbons (Fsp3) is 0.632. The van der Waals surface area contributed by atoms with Crippen molar-refractivity contribution in [2.75, 3.05) is 7.11 Å². The molecule has 2 heteroatoms. The molecule has 21 heavy (non-hydrogen) atoms. The Morgan fingerprint density at radius 3 is 2.90 bits per heavy atom.